The zero-order valence-corrected chi connectivity index (χ0v) is 11.6. The molecule has 0 spiro atoms. The lowest BCUT2D eigenvalue weighted by Gasteiger charge is -2.12. The van der Waals surface area contributed by atoms with E-state index in [-0.39, 0.29) is 12.1 Å². The van der Waals surface area contributed by atoms with Crippen molar-refractivity contribution in [3.8, 4) is 17.3 Å². The Labute approximate surface area is 125 Å². The summed E-state index contributed by atoms with van der Waals surface area (Å²) in [4.78, 5) is 23.7. The molecule has 0 aliphatic heterocycles. The Hall–Kier alpha value is -2.62. The van der Waals surface area contributed by atoms with Gasteiger partial charge in [-0.1, -0.05) is 23.7 Å². The minimum Gasteiger partial charge on any atom is -0.298 e. The fourth-order valence-electron chi connectivity index (χ4n) is 1.88. The molecule has 2 aromatic rings. The van der Waals surface area contributed by atoms with Crippen molar-refractivity contribution in [1.82, 2.24) is 9.99 Å². The highest BCUT2D eigenvalue weighted by atomic mass is 35.5. The third-order valence-electron chi connectivity index (χ3n) is 2.90. The molecule has 0 aliphatic carbocycles. The van der Waals surface area contributed by atoms with Crippen LogP contribution >= 0.6 is 11.6 Å². The van der Waals surface area contributed by atoms with Gasteiger partial charge in [0.15, 0.2) is 0 Å². The second-order valence-electron chi connectivity index (χ2n) is 4.21. The monoisotopic (exact) mass is 302 g/mol. The van der Waals surface area contributed by atoms with E-state index in [9.17, 15) is 9.59 Å². The second-order valence-corrected chi connectivity index (χ2v) is 4.65. The summed E-state index contributed by atoms with van der Waals surface area (Å²) in [6.07, 6.45) is 0. The molecule has 106 valence electrons. The van der Waals surface area contributed by atoms with Gasteiger partial charge in [0, 0.05) is 5.02 Å². The van der Waals surface area contributed by atoms with Crippen molar-refractivity contribution in [3.63, 3.8) is 0 Å². The summed E-state index contributed by atoms with van der Waals surface area (Å²) in [5.74, 6) is 4.51. The number of hydrogen-bond acceptors (Lipinski definition) is 4. The number of halogens is 1. The number of amides is 1. The predicted molar refractivity (Wildman–Crippen MR) is 78.2 cm³/mol. The van der Waals surface area contributed by atoms with E-state index in [1.807, 2.05) is 5.43 Å². The van der Waals surface area contributed by atoms with Crippen LogP contribution in [0, 0.1) is 11.3 Å². The van der Waals surface area contributed by atoms with Crippen LogP contribution < -0.4 is 16.8 Å². The van der Waals surface area contributed by atoms with Gasteiger partial charge in [-0.2, -0.15) is 5.26 Å². The summed E-state index contributed by atoms with van der Waals surface area (Å²) in [5, 5.41) is 9.48. The van der Waals surface area contributed by atoms with Gasteiger partial charge in [-0.25, -0.2) is 5.84 Å². The normalized spacial score (nSPS) is 9.95. The van der Waals surface area contributed by atoms with Crippen molar-refractivity contribution in [2.45, 2.75) is 6.54 Å². The van der Waals surface area contributed by atoms with Crippen LogP contribution in [0.1, 0.15) is 5.56 Å². The first-order chi connectivity index (χ1) is 10.1. The summed E-state index contributed by atoms with van der Waals surface area (Å²) in [7, 11) is 0. The molecule has 1 aromatic heterocycles. The van der Waals surface area contributed by atoms with Gasteiger partial charge in [0.25, 0.3) is 11.5 Å². The molecule has 0 fully saturated rings. The van der Waals surface area contributed by atoms with Gasteiger partial charge >= 0.3 is 0 Å². The van der Waals surface area contributed by atoms with E-state index in [0.717, 1.165) is 0 Å². The first-order valence-corrected chi connectivity index (χ1v) is 6.34. The smallest absolute Gasteiger partial charge is 0.269 e. The number of rotatable bonds is 3. The van der Waals surface area contributed by atoms with Gasteiger partial charge in [-0.05, 0) is 29.8 Å². The molecule has 7 heteroatoms. The molecule has 2 rings (SSSR count). The number of nitriles is 1. The number of hydrazine groups is 1. The van der Waals surface area contributed by atoms with Crippen LogP contribution in [0.2, 0.25) is 5.02 Å². The third kappa shape index (κ3) is 3.11. The van der Waals surface area contributed by atoms with Crippen molar-refractivity contribution in [3.05, 3.63) is 57.3 Å². The van der Waals surface area contributed by atoms with E-state index >= 15 is 0 Å². The molecule has 0 radical (unpaired) electrons. The summed E-state index contributed by atoms with van der Waals surface area (Å²) in [6, 6.07) is 11.6. The van der Waals surface area contributed by atoms with Gasteiger partial charge in [-0.3, -0.25) is 19.6 Å². The maximum atomic E-state index is 12.2. The van der Waals surface area contributed by atoms with Crippen molar-refractivity contribution >= 4 is 17.5 Å². The Morgan fingerprint density at radius 3 is 2.52 bits per heavy atom. The minimum atomic E-state index is -0.548. The Bertz CT molecular complexity index is 775. The van der Waals surface area contributed by atoms with Gasteiger partial charge in [0.05, 0.1) is 5.69 Å². The van der Waals surface area contributed by atoms with Crippen LogP contribution in [0.25, 0.3) is 11.3 Å². The van der Waals surface area contributed by atoms with Crippen LogP contribution in [0.3, 0.4) is 0 Å². The van der Waals surface area contributed by atoms with Crippen LogP contribution in [-0.2, 0) is 11.3 Å². The lowest BCUT2D eigenvalue weighted by molar-refractivity contribution is -0.121. The lowest BCUT2D eigenvalue weighted by Crippen LogP contribution is -2.37. The molecule has 0 saturated carbocycles. The number of nitrogens with zero attached hydrogens (tertiary/aromatic N) is 2. The SMILES string of the molecule is N#Cc1ccc(-c2ccc(Cl)cc2)n(CC(=O)NN)c1=O. The molecular weight excluding hydrogens is 292 g/mol. The highest BCUT2D eigenvalue weighted by Gasteiger charge is 2.13. The second kappa shape index (κ2) is 6.22. The topological polar surface area (TPSA) is 101 Å². The zero-order chi connectivity index (χ0) is 15.4. The minimum absolute atomic E-state index is 0.0439. The third-order valence-corrected chi connectivity index (χ3v) is 3.15. The Kier molecular flexibility index (Phi) is 4.38. The predicted octanol–water partition coefficient (Wildman–Crippen LogP) is 1.03. The number of pyridine rings is 1. The summed E-state index contributed by atoms with van der Waals surface area (Å²) in [6.45, 7) is -0.275. The van der Waals surface area contributed by atoms with Crippen molar-refractivity contribution in [1.29, 1.82) is 5.26 Å². The number of carbonyl (C=O) groups excluding carboxylic acids is 1. The molecule has 6 nitrogen and oxygen atoms in total. The zero-order valence-electron chi connectivity index (χ0n) is 10.8. The maximum absolute atomic E-state index is 12.2. The quantitative estimate of drug-likeness (QED) is 0.502. The first-order valence-electron chi connectivity index (χ1n) is 5.96. The van der Waals surface area contributed by atoms with Crippen molar-refractivity contribution < 1.29 is 4.79 Å². The molecule has 3 N–H and O–H groups in total. The molecular formula is C14H11ClN4O2. The Balaban J connectivity index is 2.62. The van der Waals surface area contributed by atoms with E-state index in [4.69, 9.17) is 22.7 Å². The molecule has 1 amide bonds. The lowest BCUT2D eigenvalue weighted by atomic mass is 10.1. The molecule has 1 aromatic carbocycles. The Morgan fingerprint density at radius 2 is 1.95 bits per heavy atom. The van der Waals surface area contributed by atoms with E-state index in [1.165, 1.54) is 10.6 Å². The van der Waals surface area contributed by atoms with E-state index in [2.05, 4.69) is 0 Å². The van der Waals surface area contributed by atoms with Gasteiger partial charge in [0.2, 0.25) is 0 Å². The standard InChI is InChI=1S/C14H11ClN4O2/c15-11-4-1-9(2-5-11)12-6-3-10(7-16)14(21)19(12)8-13(20)18-17/h1-6H,8,17H2,(H,18,20). The fraction of sp³-hybridized carbons (Fsp3) is 0.0714. The number of carbonyl (C=O) groups is 1. The molecule has 21 heavy (non-hydrogen) atoms. The van der Waals surface area contributed by atoms with E-state index < -0.39 is 11.5 Å². The molecule has 0 saturated heterocycles. The van der Waals surface area contributed by atoms with Crippen LogP contribution in [0.4, 0.5) is 0 Å². The van der Waals surface area contributed by atoms with Crippen LogP contribution in [0.5, 0.6) is 0 Å². The average Bonchev–Trinajstić information content (AvgIpc) is 2.50. The molecule has 0 atom stereocenters. The highest BCUT2D eigenvalue weighted by molar-refractivity contribution is 6.30. The van der Waals surface area contributed by atoms with Crippen molar-refractivity contribution in [2.75, 3.05) is 0 Å². The van der Waals surface area contributed by atoms with Crippen LogP contribution in [-0.4, -0.2) is 10.5 Å². The first kappa shape index (κ1) is 14.8. The van der Waals surface area contributed by atoms with Gasteiger partial charge in [-0.15, -0.1) is 0 Å². The number of nitrogens with one attached hydrogen (secondary N) is 1. The van der Waals surface area contributed by atoms with Gasteiger partial charge in [0.1, 0.15) is 18.2 Å². The maximum Gasteiger partial charge on any atom is 0.269 e. The number of nitrogens with two attached hydrogens (primary N) is 1. The van der Waals surface area contributed by atoms with Gasteiger partial charge < -0.3 is 0 Å². The highest BCUT2D eigenvalue weighted by Crippen LogP contribution is 2.20. The number of benzene rings is 1. The molecule has 0 bridgehead atoms. The van der Waals surface area contributed by atoms with E-state index in [0.29, 0.717) is 16.3 Å². The number of hydrogen-bond donors (Lipinski definition) is 2. The van der Waals surface area contributed by atoms with Crippen LogP contribution in [0.15, 0.2) is 41.2 Å². The summed E-state index contributed by atoms with van der Waals surface area (Å²) >= 11 is 5.83. The molecule has 0 unspecified atom stereocenters. The summed E-state index contributed by atoms with van der Waals surface area (Å²) in [5.41, 5.74) is 2.57. The molecule has 1 heterocycles. The number of aromatic nitrogens is 1. The molecule has 0 aliphatic rings. The van der Waals surface area contributed by atoms with E-state index in [1.54, 1.807) is 36.4 Å². The largest absolute Gasteiger partial charge is 0.298 e. The van der Waals surface area contributed by atoms with Crippen molar-refractivity contribution in [2.24, 2.45) is 5.84 Å². The summed E-state index contributed by atoms with van der Waals surface area (Å²) < 4.78 is 1.20. The average molecular weight is 303 g/mol. The fourth-order valence-corrected chi connectivity index (χ4v) is 2.01. The Morgan fingerprint density at radius 1 is 1.29 bits per heavy atom.